The molecule has 0 atom stereocenters. The molecule has 0 spiro atoms. The summed E-state index contributed by atoms with van der Waals surface area (Å²) in [6.07, 6.45) is 0. The number of hydroxylamine groups is 2. The van der Waals surface area contributed by atoms with E-state index in [1.54, 1.807) is 24.3 Å². The molecular weight excluding hydrogens is 284 g/mol. The molecule has 1 aliphatic heterocycles. The maximum Gasteiger partial charge on any atom is 0.285 e. The molecular formula is C12H14N2O5S. The predicted molar refractivity (Wildman–Crippen MR) is 70.4 cm³/mol. The van der Waals surface area contributed by atoms with Crippen LogP contribution < -0.4 is 4.72 Å². The van der Waals surface area contributed by atoms with Gasteiger partial charge in [0.15, 0.2) is 0 Å². The van der Waals surface area contributed by atoms with Gasteiger partial charge in [-0.25, -0.2) is 13.1 Å². The van der Waals surface area contributed by atoms with Crippen LogP contribution in [-0.2, 0) is 14.9 Å². The van der Waals surface area contributed by atoms with Gasteiger partial charge in [-0.15, -0.1) is 5.06 Å². The van der Waals surface area contributed by atoms with Crippen LogP contribution in [0.15, 0.2) is 24.3 Å². The largest absolute Gasteiger partial charge is 0.285 e. The molecule has 1 N–H and O–H groups in total. The second-order valence-corrected chi connectivity index (χ2v) is 6.18. The van der Waals surface area contributed by atoms with Crippen LogP contribution in [0.4, 0.5) is 0 Å². The zero-order valence-electron chi connectivity index (χ0n) is 10.8. The highest BCUT2D eigenvalue weighted by atomic mass is 32.2. The van der Waals surface area contributed by atoms with Gasteiger partial charge in [0.1, 0.15) is 0 Å². The molecule has 0 aromatic heterocycles. The Kier molecular flexibility index (Phi) is 4.17. The number of sulfonamides is 1. The van der Waals surface area contributed by atoms with Crippen molar-refractivity contribution < 1.29 is 22.8 Å². The Balaban J connectivity index is 1.93. The fraction of sp³-hybridized carbons (Fsp3) is 0.333. The lowest BCUT2D eigenvalue weighted by Crippen LogP contribution is -2.35. The molecule has 0 radical (unpaired) electrons. The van der Waals surface area contributed by atoms with Gasteiger partial charge in [-0.1, -0.05) is 12.1 Å². The standard InChI is InChI=1S/C12H14N2O5S/c1-2-20(17,18)13-7-8-19-14-11(15)9-5-3-4-6-10(9)12(14)16/h3-6,13H,2,7-8H2,1H3. The van der Waals surface area contributed by atoms with Gasteiger partial charge < -0.3 is 0 Å². The van der Waals surface area contributed by atoms with E-state index in [2.05, 4.69) is 4.72 Å². The van der Waals surface area contributed by atoms with E-state index in [0.29, 0.717) is 5.06 Å². The van der Waals surface area contributed by atoms with Crippen LogP contribution >= 0.6 is 0 Å². The number of hydrogen-bond acceptors (Lipinski definition) is 5. The molecule has 1 aromatic rings. The molecule has 2 rings (SSSR count). The quantitative estimate of drug-likeness (QED) is 0.596. The summed E-state index contributed by atoms with van der Waals surface area (Å²) in [6, 6.07) is 6.39. The van der Waals surface area contributed by atoms with Gasteiger partial charge in [-0.05, 0) is 19.1 Å². The highest BCUT2D eigenvalue weighted by Crippen LogP contribution is 2.22. The Hall–Kier alpha value is -1.77. The SMILES string of the molecule is CCS(=O)(=O)NCCON1C(=O)c2ccccc2C1=O. The molecule has 8 heteroatoms. The summed E-state index contributed by atoms with van der Waals surface area (Å²) >= 11 is 0. The molecule has 1 heterocycles. The van der Waals surface area contributed by atoms with E-state index in [9.17, 15) is 18.0 Å². The summed E-state index contributed by atoms with van der Waals surface area (Å²) < 4.78 is 24.7. The molecule has 0 fully saturated rings. The van der Waals surface area contributed by atoms with E-state index >= 15 is 0 Å². The van der Waals surface area contributed by atoms with E-state index in [0.717, 1.165) is 0 Å². The first kappa shape index (κ1) is 14.6. The minimum atomic E-state index is -3.31. The average molecular weight is 298 g/mol. The predicted octanol–water partition coefficient (Wildman–Crippen LogP) is 0.153. The topological polar surface area (TPSA) is 92.8 Å². The monoisotopic (exact) mass is 298 g/mol. The van der Waals surface area contributed by atoms with Crippen molar-refractivity contribution in [3.63, 3.8) is 0 Å². The van der Waals surface area contributed by atoms with Crippen LogP contribution in [0.1, 0.15) is 27.6 Å². The maximum absolute atomic E-state index is 11.9. The first-order valence-corrected chi connectivity index (χ1v) is 7.69. The van der Waals surface area contributed by atoms with Crippen molar-refractivity contribution in [2.24, 2.45) is 0 Å². The van der Waals surface area contributed by atoms with Crippen LogP contribution in [0, 0.1) is 0 Å². The normalized spacial score (nSPS) is 14.8. The Morgan fingerprint density at radius 3 is 2.20 bits per heavy atom. The minimum Gasteiger partial charge on any atom is -0.266 e. The number of carbonyl (C=O) groups is 2. The van der Waals surface area contributed by atoms with Crippen LogP contribution in [0.3, 0.4) is 0 Å². The van der Waals surface area contributed by atoms with Gasteiger partial charge in [0.2, 0.25) is 10.0 Å². The lowest BCUT2D eigenvalue weighted by Gasteiger charge is -2.13. The van der Waals surface area contributed by atoms with Crippen molar-refractivity contribution in [2.75, 3.05) is 18.9 Å². The third-order valence-electron chi connectivity index (χ3n) is 2.78. The summed E-state index contributed by atoms with van der Waals surface area (Å²) in [5.41, 5.74) is 0.568. The summed E-state index contributed by atoms with van der Waals surface area (Å²) in [4.78, 5) is 28.8. The first-order chi connectivity index (χ1) is 9.46. The second-order valence-electron chi connectivity index (χ2n) is 4.08. The van der Waals surface area contributed by atoms with Crippen LogP contribution in [0.5, 0.6) is 0 Å². The van der Waals surface area contributed by atoms with Crippen molar-refractivity contribution >= 4 is 21.8 Å². The molecule has 20 heavy (non-hydrogen) atoms. The number of hydrogen-bond donors (Lipinski definition) is 1. The van der Waals surface area contributed by atoms with Crippen LogP contribution in [0.25, 0.3) is 0 Å². The smallest absolute Gasteiger partial charge is 0.266 e. The van der Waals surface area contributed by atoms with Crippen molar-refractivity contribution in [1.29, 1.82) is 0 Å². The average Bonchev–Trinajstić information content (AvgIpc) is 2.68. The zero-order valence-corrected chi connectivity index (χ0v) is 11.6. The second kappa shape index (κ2) is 5.70. The van der Waals surface area contributed by atoms with Crippen molar-refractivity contribution in [3.05, 3.63) is 35.4 Å². The van der Waals surface area contributed by atoms with E-state index in [1.807, 2.05) is 0 Å². The summed E-state index contributed by atoms with van der Waals surface area (Å²) in [5.74, 6) is -1.12. The van der Waals surface area contributed by atoms with Gasteiger partial charge in [0.25, 0.3) is 11.8 Å². The molecule has 0 bridgehead atoms. The van der Waals surface area contributed by atoms with E-state index in [-0.39, 0.29) is 30.0 Å². The summed E-state index contributed by atoms with van der Waals surface area (Å²) in [7, 11) is -3.31. The molecule has 7 nitrogen and oxygen atoms in total. The van der Waals surface area contributed by atoms with E-state index in [1.165, 1.54) is 6.92 Å². The number of nitrogens with one attached hydrogen (secondary N) is 1. The highest BCUT2D eigenvalue weighted by molar-refractivity contribution is 7.89. The Morgan fingerprint density at radius 2 is 1.70 bits per heavy atom. The van der Waals surface area contributed by atoms with Gasteiger partial charge in [-0.3, -0.25) is 14.4 Å². The number of imide groups is 1. The molecule has 1 aromatic carbocycles. The summed E-state index contributed by atoms with van der Waals surface area (Å²) in [6.45, 7) is 1.39. The zero-order chi connectivity index (χ0) is 14.8. The number of rotatable bonds is 6. The summed E-state index contributed by atoms with van der Waals surface area (Å²) in [5, 5.41) is 0.658. The molecule has 1 aliphatic rings. The van der Waals surface area contributed by atoms with Crippen molar-refractivity contribution in [3.8, 4) is 0 Å². The molecule has 0 saturated carbocycles. The van der Waals surface area contributed by atoms with Crippen molar-refractivity contribution in [2.45, 2.75) is 6.92 Å². The first-order valence-electron chi connectivity index (χ1n) is 6.04. The van der Waals surface area contributed by atoms with Crippen LogP contribution in [-0.4, -0.2) is 44.2 Å². The Morgan fingerprint density at radius 1 is 1.15 bits per heavy atom. The highest BCUT2D eigenvalue weighted by Gasteiger charge is 2.36. The fourth-order valence-corrected chi connectivity index (χ4v) is 2.32. The number of carbonyl (C=O) groups excluding carboxylic acids is 2. The molecule has 0 saturated heterocycles. The Labute approximate surface area is 116 Å². The molecule has 0 aliphatic carbocycles. The Bertz CT molecular complexity index is 606. The molecule has 108 valence electrons. The fourth-order valence-electron chi connectivity index (χ4n) is 1.72. The van der Waals surface area contributed by atoms with E-state index < -0.39 is 21.8 Å². The lowest BCUT2D eigenvalue weighted by molar-refractivity contribution is -0.0888. The molecule has 2 amide bonds. The van der Waals surface area contributed by atoms with Gasteiger partial charge in [0, 0.05) is 6.54 Å². The third-order valence-corrected chi connectivity index (χ3v) is 4.19. The number of benzene rings is 1. The van der Waals surface area contributed by atoms with Crippen LogP contribution in [0.2, 0.25) is 0 Å². The van der Waals surface area contributed by atoms with Crippen molar-refractivity contribution in [1.82, 2.24) is 9.79 Å². The van der Waals surface area contributed by atoms with E-state index in [4.69, 9.17) is 4.84 Å². The van der Waals surface area contributed by atoms with Gasteiger partial charge >= 0.3 is 0 Å². The maximum atomic E-state index is 11.9. The third kappa shape index (κ3) is 2.87. The number of fused-ring (bicyclic) bond motifs is 1. The molecule has 0 unspecified atom stereocenters. The number of nitrogens with zero attached hydrogens (tertiary/aromatic N) is 1. The van der Waals surface area contributed by atoms with Gasteiger partial charge in [0.05, 0.1) is 23.5 Å². The minimum absolute atomic E-state index is 0.0103. The lowest BCUT2D eigenvalue weighted by atomic mass is 10.1. The number of amides is 2. The van der Waals surface area contributed by atoms with Gasteiger partial charge in [-0.2, -0.15) is 0 Å².